The van der Waals surface area contributed by atoms with Crippen LogP contribution >= 0.6 is 0 Å². The Hall–Kier alpha value is -1.98. The Kier molecular flexibility index (Phi) is 5.46. The zero-order chi connectivity index (χ0) is 17.8. The Morgan fingerprint density at radius 2 is 1.92 bits per heavy atom. The predicted molar refractivity (Wildman–Crippen MR) is 103 cm³/mol. The van der Waals surface area contributed by atoms with E-state index in [1.165, 1.54) is 18.4 Å². The van der Waals surface area contributed by atoms with E-state index in [9.17, 15) is 0 Å². The maximum atomic E-state index is 5.51. The minimum absolute atomic E-state index is 0.436. The van der Waals surface area contributed by atoms with E-state index >= 15 is 0 Å². The van der Waals surface area contributed by atoms with E-state index in [2.05, 4.69) is 63.2 Å². The Labute approximate surface area is 156 Å². The van der Waals surface area contributed by atoms with E-state index in [4.69, 9.17) is 4.74 Å². The summed E-state index contributed by atoms with van der Waals surface area (Å²) in [4.78, 5) is 13.9. The summed E-state index contributed by atoms with van der Waals surface area (Å²) in [6, 6.07) is 13.5. The monoisotopic (exact) mass is 352 g/mol. The number of ether oxygens (including phenoxy) is 1. The second-order valence-corrected chi connectivity index (χ2v) is 7.48. The third-order valence-electron chi connectivity index (χ3n) is 5.71. The number of hydrogen-bond donors (Lipinski definition) is 0. The first-order valence-electron chi connectivity index (χ1n) is 9.68. The molecule has 0 N–H and O–H groups in total. The molecule has 2 fully saturated rings. The van der Waals surface area contributed by atoms with Gasteiger partial charge in [0.25, 0.3) is 0 Å². The highest BCUT2D eigenvalue weighted by Crippen LogP contribution is 2.27. The number of benzene rings is 1. The molecule has 2 aliphatic heterocycles. The van der Waals surface area contributed by atoms with Crippen LogP contribution in [0.2, 0.25) is 0 Å². The van der Waals surface area contributed by atoms with E-state index in [1.807, 2.05) is 0 Å². The van der Waals surface area contributed by atoms with Crippen LogP contribution in [-0.4, -0.2) is 54.3 Å². The highest BCUT2D eigenvalue weighted by Gasteiger charge is 2.25. The summed E-state index contributed by atoms with van der Waals surface area (Å²) in [6.45, 7) is 4.78. The van der Waals surface area contributed by atoms with Crippen molar-refractivity contribution in [1.29, 1.82) is 0 Å². The molecule has 1 atom stereocenters. The van der Waals surface area contributed by atoms with E-state index < -0.39 is 0 Å². The fraction of sp³-hybridized carbons (Fsp3) is 0.524. The summed E-state index contributed by atoms with van der Waals surface area (Å²) in [5, 5.41) is 0. The van der Waals surface area contributed by atoms with Crippen molar-refractivity contribution < 1.29 is 4.74 Å². The summed E-state index contributed by atoms with van der Waals surface area (Å²) in [6.07, 6.45) is 5.14. The lowest BCUT2D eigenvalue weighted by molar-refractivity contribution is 0.193. The second-order valence-electron chi connectivity index (χ2n) is 7.48. The molecule has 4 rings (SSSR count). The minimum atomic E-state index is 0.436. The Bertz CT molecular complexity index is 694. The molecule has 1 aromatic heterocycles. The van der Waals surface area contributed by atoms with Crippen LogP contribution in [-0.2, 0) is 11.3 Å². The first-order valence-corrected chi connectivity index (χ1v) is 9.68. The average Bonchev–Trinajstić information content (AvgIpc) is 3.24. The zero-order valence-corrected chi connectivity index (χ0v) is 15.6. The highest BCUT2D eigenvalue weighted by atomic mass is 16.5. The van der Waals surface area contributed by atoms with Gasteiger partial charge in [-0.15, -0.1) is 0 Å². The Morgan fingerprint density at radius 3 is 2.65 bits per heavy atom. The van der Waals surface area contributed by atoms with Crippen LogP contribution in [0.5, 0.6) is 0 Å². The molecule has 0 radical (unpaired) electrons. The van der Waals surface area contributed by atoms with Crippen LogP contribution in [0.1, 0.15) is 36.4 Å². The molecule has 138 valence electrons. The van der Waals surface area contributed by atoms with E-state index in [-0.39, 0.29) is 0 Å². The molecule has 0 saturated carbocycles. The van der Waals surface area contributed by atoms with E-state index in [0.717, 1.165) is 50.8 Å². The maximum absolute atomic E-state index is 5.51. The topological polar surface area (TPSA) is 41.5 Å². The molecule has 0 amide bonds. The van der Waals surface area contributed by atoms with Gasteiger partial charge in [0.15, 0.2) is 0 Å². The third kappa shape index (κ3) is 4.05. The van der Waals surface area contributed by atoms with Crippen molar-refractivity contribution in [2.24, 2.45) is 0 Å². The quantitative estimate of drug-likeness (QED) is 0.827. The van der Waals surface area contributed by atoms with Crippen molar-refractivity contribution in [3.05, 3.63) is 54.0 Å². The predicted octanol–water partition coefficient (Wildman–Crippen LogP) is 3.08. The Morgan fingerprint density at radius 1 is 1.12 bits per heavy atom. The highest BCUT2D eigenvalue weighted by molar-refractivity contribution is 5.40. The number of rotatable bonds is 5. The lowest BCUT2D eigenvalue weighted by atomic mass is 10.0. The van der Waals surface area contributed by atoms with Gasteiger partial charge in [0.2, 0.25) is 0 Å². The molecular weight excluding hydrogens is 324 g/mol. The summed E-state index contributed by atoms with van der Waals surface area (Å²) < 4.78 is 5.51. The Balaban J connectivity index is 1.34. The van der Waals surface area contributed by atoms with Crippen molar-refractivity contribution in [1.82, 2.24) is 14.9 Å². The van der Waals surface area contributed by atoms with Crippen LogP contribution in [0.4, 0.5) is 5.82 Å². The number of hydrogen-bond acceptors (Lipinski definition) is 5. The molecule has 2 saturated heterocycles. The first kappa shape index (κ1) is 17.4. The standard InChI is InChI=1S/C21H28N4O/c1-24(14-17-5-3-2-4-6-17)19-7-10-25(11-8-19)21-13-20(22-16-23-21)18-9-12-26-15-18/h2-6,13,16,18-19H,7-12,14-15H2,1H3/t18-/m1/s1. The molecule has 3 heterocycles. The third-order valence-corrected chi connectivity index (χ3v) is 5.71. The van der Waals surface area contributed by atoms with Crippen LogP contribution in [0.25, 0.3) is 0 Å². The minimum Gasteiger partial charge on any atom is -0.381 e. The molecular formula is C21H28N4O. The molecule has 5 nitrogen and oxygen atoms in total. The molecule has 0 aliphatic carbocycles. The van der Waals surface area contributed by atoms with Gasteiger partial charge >= 0.3 is 0 Å². The van der Waals surface area contributed by atoms with Crippen molar-refractivity contribution in [3.8, 4) is 0 Å². The number of nitrogens with zero attached hydrogens (tertiary/aromatic N) is 4. The van der Waals surface area contributed by atoms with Gasteiger partial charge in [-0.25, -0.2) is 9.97 Å². The summed E-state index contributed by atoms with van der Waals surface area (Å²) >= 11 is 0. The van der Waals surface area contributed by atoms with Gasteiger partial charge < -0.3 is 9.64 Å². The lowest BCUT2D eigenvalue weighted by Crippen LogP contribution is -2.43. The molecule has 26 heavy (non-hydrogen) atoms. The second kappa shape index (κ2) is 8.14. The fourth-order valence-electron chi connectivity index (χ4n) is 4.06. The van der Waals surface area contributed by atoms with Crippen LogP contribution in [0.15, 0.2) is 42.7 Å². The molecule has 0 unspecified atom stereocenters. The molecule has 2 aromatic rings. The normalized spacial score (nSPS) is 21.5. The maximum Gasteiger partial charge on any atom is 0.132 e. The van der Waals surface area contributed by atoms with Gasteiger partial charge in [0.05, 0.1) is 12.3 Å². The van der Waals surface area contributed by atoms with Gasteiger partial charge in [-0.3, -0.25) is 4.90 Å². The fourth-order valence-corrected chi connectivity index (χ4v) is 4.06. The molecule has 0 spiro atoms. The SMILES string of the molecule is CN(Cc1ccccc1)C1CCN(c2cc([C@@H]3CCOC3)ncn2)CC1. The van der Waals surface area contributed by atoms with E-state index in [1.54, 1.807) is 6.33 Å². The van der Waals surface area contributed by atoms with Gasteiger partial charge in [0, 0.05) is 44.3 Å². The zero-order valence-electron chi connectivity index (χ0n) is 15.6. The van der Waals surface area contributed by atoms with Gasteiger partial charge in [-0.2, -0.15) is 0 Å². The van der Waals surface area contributed by atoms with Crippen LogP contribution in [0.3, 0.4) is 0 Å². The number of piperidine rings is 1. The van der Waals surface area contributed by atoms with Gasteiger partial charge in [-0.05, 0) is 31.9 Å². The summed E-state index contributed by atoms with van der Waals surface area (Å²) in [5.74, 6) is 1.51. The summed E-state index contributed by atoms with van der Waals surface area (Å²) in [5.41, 5.74) is 2.52. The van der Waals surface area contributed by atoms with Crippen molar-refractivity contribution in [2.45, 2.75) is 37.8 Å². The van der Waals surface area contributed by atoms with E-state index in [0.29, 0.717) is 12.0 Å². The van der Waals surface area contributed by atoms with Crippen molar-refractivity contribution in [2.75, 3.05) is 38.3 Å². The van der Waals surface area contributed by atoms with Gasteiger partial charge in [-0.1, -0.05) is 30.3 Å². The lowest BCUT2D eigenvalue weighted by Gasteiger charge is -2.37. The number of aromatic nitrogens is 2. The van der Waals surface area contributed by atoms with Crippen LogP contribution in [0, 0.1) is 0 Å². The van der Waals surface area contributed by atoms with Crippen molar-refractivity contribution >= 4 is 5.82 Å². The molecule has 1 aromatic carbocycles. The van der Waals surface area contributed by atoms with Crippen LogP contribution < -0.4 is 4.90 Å². The number of anilines is 1. The molecule has 5 heteroatoms. The molecule has 2 aliphatic rings. The largest absolute Gasteiger partial charge is 0.381 e. The molecule has 0 bridgehead atoms. The summed E-state index contributed by atoms with van der Waals surface area (Å²) in [7, 11) is 2.25. The van der Waals surface area contributed by atoms with Gasteiger partial charge in [0.1, 0.15) is 12.1 Å². The van der Waals surface area contributed by atoms with Crippen molar-refractivity contribution in [3.63, 3.8) is 0 Å². The first-order chi connectivity index (χ1) is 12.8. The smallest absolute Gasteiger partial charge is 0.132 e. The average molecular weight is 352 g/mol.